The summed E-state index contributed by atoms with van der Waals surface area (Å²) < 4.78 is 27.3. The zero-order valence-electron chi connectivity index (χ0n) is 12.3. The van der Waals surface area contributed by atoms with Gasteiger partial charge in [0.1, 0.15) is 9.81 Å². The first-order valence-corrected chi connectivity index (χ1v) is 8.87. The van der Waals surface area contributed by atoms with Crippen molar-refractivity contribution in [1.29, 1.82) is 0 Å². The summed E-state index contributed by atoms with van der Waals surface area (Å²) in [5.74, 6) is 0. The number of aryl methyl sites for hydroxylation is 2. The molecule has 0 fully saturated rings. The molecule has 4 nitrogen and oxygen atoms in total. The van der Waals surface area contributed by atoms with Crippen molar-refractivity contribution in [3.8, 4) is 0 Å². The van der Waals surface area contributed by atoms with Crippen LogP contribution < -0.4 is 4.72 Å². The highest BCUT2D eigenvalue weighted by atomic mass is 32.2. The van der Waals surface area contributed by atoms with Gasteiger partial charge in [0, 0.05) is 11.4 Å². The van der Waals surface area contributed by atoms with Gasteiger partial charge in [0.05, 0.1) is 0 Å². The van der Waals surface area contributed by atoms with Crippen LogP contribution in [0.3, 0.4) is 0 Å². The van der Waals surface area contributed by atoms with Crippen molar-refractivity contribution in [2.24, 2.45) is 0 Å². The van der Waals surface area contributed by atoms with E-state index in [-0.39, 0.29) is 10.8 Å². The summed E-state index contributed by atoms with van der Waals surface area (Å²) in [5.41, 5.74) is 0.372. The molecule has 1 atom stereocenters. The van der Waals surface area contributed by atoms with Gasteiger partial charge in [-0.1, -0.05) is 30.3 Å². The Hall–Kier alpha value is -1.21. The summed E-state index contributed by atoms with van der Waals surface area (Å²) >= 11 is 1.24. The Morgan fingerprint density at radius 2 is 1.86 bits per heavy atom. The summed E-state index contributed by atoms with van der Waals surface area (Å²) in [7, 11) is -3.59. The van der Waals surface area contributed by atoms with Gasteiger partial charge in [-0.3, -0.25) is 0 Å². The van der Waals surface area contributed by atoms with Gasteiger partial charge >= 0.3 is 0 Å². The summed E-state index contributed by atoms with van der Waals surface area (Å²) in [5, 5.41) is 10.4. The normalized spacial score (nSPS) is 14.9. The molecule has 0 bridgehead atoms. The zero-order chi connectivity index (χ0) is 15.7. The number of rotatable bonds is 5. The smallest absolute Gasteiger partial charge is 0.250 e. The van der Waals surface area contributed by atoms with Gasteiger partial charge in [-0.2, -0.15) is 0 Å². The highest BCUT2D eigenvalue weighted by Crippen LogP contribution is 2.26. The molecule has 2 N–H and O–H groups in total. The highest BCUT2D eigenvalue weighted by molar-refractivity contribution is 7.91. The van der Waals surface area contributed by atoms with Gasteiger partial charge in [0.2, 0.25) is 10.0 Å². The fraction of sp³-hybridized carbons (Fsp3) is 0.333. The maximum absolute atomic E-state index is 12.3. The third-order valence-corrected chi connectivity index (χ3v) is 6.44. The number of aliphatic hydroxyl groups is 1. The first-order valence-electron chi connectivity index (χ1n) is 6.57. The van der Waals surface area contributed by atoms with Crippen LogP contribution in [-0.2, 0) is 15.6 Å². The van der Waals surface area contributed by atoms with E-state index in [0.717, 1.165) is 10.4 Å². The van der Waals surface area contributed by atoms with Crippen molar-refractivity contribution < 1.29 is 13.5 Å². The molecule has 0 saturated carbocycles. The number of benzene rings is 1. The molecule has 0 amide bonds. The molecule has 21 heavy (non-hydrogen) atoms. The van der Waals surface area contributed by atoms with Crippen LogP contribution in [-0.4, -0.2) is 20.1 Å². The Kier molecular flexibility index (Phi) is 4.53. The molecule has 6 heteroatoms. The minimum atomic E-state index is -3.59. The predicted octanol–water partition coefficient (Wildman–Crippen LogP) is 2.55. The molecule has 1 aromatic carbocycles. The monoisotopic (exact) mass is 325 g/mol. The molecule has 0 aliphatic carbocycles. The molecule has 1 aromatic heterocycles. The summed E-state index contributed by atoms with van der Waals surface area (Å²) in [4.78, 5) is 0.977. The zero-order valence-corrected chi connectivity index (χ0v) is 13.9. The fourth-order valence-electron chi connectivity index (χ4n) is 1.88. The summed E-state index contributed by atoms with van der Waals surface area (Å²) in [6, 6.07) is 10.7. The van der Waals surface area contributed by atoms with Crippen molar-refractivity contribution in [3.63, 3.8) is 0 Å². The Balaban J connectivity index is 2.15. The average molecular weight is 325 g/mol. The molecule has 2 rings (SSSR count). The minimum absolute atomic E-state index is 0.0741. The Morgan fingerprint density at radius 1 is 1.24 bits per heavy atom. The number of hydrogen-bond donors (Lipinski definition) is 2. The largest absolute Gasteiger partial charge is 0.384 e. The summed E-state index contributed by atoms with van der Waals surface area (Å²) in [6.07, 6.45) is 0. The molecule has 0 spiro atoms. The first kappa shape index (κ1) is 16.2. The molecule has 2 aromatic rings. The third kappa shape index (κ3) is 3.71. The minimum Gasteiger partial charge on any atom is -0.384 e. The SMILES string of the molecule is Cc1cc(S(=O)(=O)NCC(C)(O)c2ccccc2)sc1C. The lowest BCUT2D eigenvalue weighted by atomic mass is 9.97. The van der Waals surface area contributed by atoms with Crippen molar-refractivity contribution in [2.45, 2.75) is 30.6 Å². The van der Waals surface area contributed by atoms with E-state index in [4.69, 9.17) is 0 Å². The standard InChI is InChI=1S/C15H19NO3S2/c1-11-9-14(20-12(11)2)21(18,19)16-10-15(3,17)13-7-5-4-6-8-13/h4-9,16-17H,10H2,1-3H3. The van der Waals surface area contributed by atoms with Gasteiger partial charge in [-0.15, -0.1) is 11.3 Å². The average Bonchev–Trinajstić information content (AvgIpc) is 2.79. The van der Waals surface area contributed by atoms with E-state index in [9.17, 15) is 13.5 Å². The second-order valence-electron chi connectivity index (χ2n) is 5.27. The van der Waals surface area contributed by atoms with Crippen LogP contribution in [0.25, 0.3) is 0 Å². The van der Waals surface area contributed by atoms with Crippen molar-refractivity contribution in [2.75, 3.05) is 6.54 Å². The van der Waals surface area contributed by atoms with E-state index in [0.29, 0.717) is 5.56 Å². The summed E-state index contributed by atoms with van der Waals surface area (Å²) in [6.45, 7) is 5.29. The lowest BCUT2D eigenvalue weighted by Gasteiger charge is -2.24. The lowest BCUT2D eigenvalue weighted by molar-refractivity contribution is 0.0627. The van der Waals surface area contributed by atoms with E-state index >= 15 is 0 Å². The number of thiophene rings is 1. The Morgan fingerprint density at radius 3 is 2.38 bits per heavy atom. The van der Waals surface area contributed by atoms with Crippen molar-refractivity contribution >= 4 is 21.4 Å². The quantitative estimate of drug-likeness (QED) is 0.888. The topological polar surface area (TPSA) is 66.4 Å². The number of nitrogens with one attached hydrogen (secondary N) is 1. The maximum atomic E-state index is 12.3. The van der Waals surface area contributed by atoms with Gasteiger partial charge < -0.3 is 5.11 Å². The number of hydrogen-bond acceptors (Lipinski definition) is 4. The van der Waals surface area contributed by atoms with Gasteiger partial charge in [0.15, 0.2) is 0 Å². The van der Waals surface area contributed by atoms with Crippen LogP contribution in [0.15, 0.2) is 40.6 Å². The Bertz CT molecular complexity index is 699. The molecular weight excluding hydrogens is 306 g/mol. The first-order chi connectivity index (χ1) is 9.72. The van der Waals surface area contributed by atoms with Gasteiger partial charge in [0.25, 0.3) is 0 Å². The lowest BCUT2D eigenvalue weighted by Crippen LogP contribution is -2.38. The van der Waals surface area contributed by atoms with Crippen LogP contribution >= 0.6 is 11.3 Å². The fourth-order valence-corrected chi connectivity index (χ4v) is 4.57. The molecule has 114 valence electrons. The van der Waals surface area contributed by atoms with Crippen LogP contribution in [0.1, 0.15) is 22.9 Å². The molecular formula is C15H19NO3S2. The maximum Gasteiger partial charge on any atom is 0.250 e. The molecule has 0 saturated heterocycles. The molecule has 0 radical (unpaired) electrons. The third-order valence-electron chi connectivity index (χ3n) is 3.41. The Labute approximate surface area is 129 Å². The van der Waals surface area contributed by atoms with Crippen LogP contribution in [0.4, 0.5) is 0 Å². The number of sulfonamides is 1. The van der Waals surface area contributed by atoms with Gasteiger partial charge in [-0.05, 0) is 38.0 Å². The highest BCUT2D eigenvalue weighted by Gasteiger charge is 2.26. The van der Waals surface area contributed by atoms with E-state index in [1.54, 1.807) is 25.1 Å². The van der Waals surface area contributed by atoms with Crippen LogP contribution in [0.5, 0.6) is 0 Å². The van der Waals surface area contributed by atoms with E-state index in [2.05, 4.69) is 4.72 Å². The van der Waals surface area contributed by atoms with Gasteiger partial charge in [-0.25, -0.2) is 13.1 Å². The molecule has 1 unspecified atom stereocenters. The second kappa shape index (κ2) is 5.88. The van der Waals surface area contributed by atoms with E-state index in [1.165, 1.54) is 11.3 Å². The van der Waals surface area contributed by atoms with Crippen LogP contribution in [0.2, 0.25) is 0 Å². The molecule has 1 heterocycles. The van der Waals surface area contributed by atoms with Crippen molar-refractivity contribution in [1.82, 2.24) is 4.72 Å². The predicted molar refractivity (Wildman–Crippen MR) is 85.0 cm³/mol. The van der Waals surface area contributed by atoms with E-state index < -0.39 is 15.6 Å². The van der Waals surface area contributed by atoms with Crippen molar-refractivity contribution in [3.05, 3.63) is 52.4 Å². The molecule has 0 aliphatic heterocycles. The van der Waals surface area contributed by atoms with Crippen LogP contribution in [0, 0.1) is 13.8 Å². The van der Waals surface area contributed by atoms with E-state index in [1.807, 2.05) is 32.0 Å². The molecule has 0 aliphatic rings. The second-order valence-corrected chi connectivity index (χ2v) is 8.52.